The fraction of sp³-hybridized carbons (Fsp3) is 0.875. The zero-order valence-electron chi connectivity index (χ0n) is 14.4. The average Bonchev–Trinajstić information content (AvgIpc) is 2.42. The predicted octanol–water partition coefficient (Wildman–Crippen LogP) is 1.72. The molecule has 6 heteroatoms. The van der Waals surface area contributed by atoms with Gasteiger partial charge in [0.2, 0.25) is 10.4 Å². The molecule has 0 aliphatic carbocycles. The Morgan fingerprint density at radius 2 is 1.27 bits per heavy atom. The van der Waals surface area contributed by atoms with Crippen LogP contribution in [0.4, 0.5) is 0 Å². The van der Waals surface area contributed by atoms with E-state index in [9.17, 15) is 13.0 Å². The third-order valence-corrected chi connectivity index (χ3v) is 3.84. The smallest absolute Gasteiger partial charge is 0.726 e. The zero-order chi connectivity index (χ0) is 15.8. The van der Waals surface area contributed by atoms with E-state index in [0.29, 0.717) is 6.42 Å². The number of allylic oxidation sites excluding steroid dienone is 2. The molecule has 0 aromatic carbocycles. The molecule has 0 radical (unpaired) electrons. The van der Waals surface area contributed by atoms with Gasteiger partial charge in [0.15, 0.2) is 0 Å². The summed E-state index contributed by atoms with van der Waals surface area (Å²) in [6.45, 7) is 2.25. The van der Waals surface area contributed by atoms with Crippen molar-refractivity contribution in [2.75, 3.05) is 6.61 Å². The van der Waals surface area contributed by atoms with Gasteiger partial charge in [0.05, 0.1) is 6.61 Å². The second-order valence-electron chi connectivity index (χ2n) is 5.46. The molecule has 4 nitrogen and oxygen atoms in total. The molecule has 0 bridgehead atoms. The monoisotopic (exact) mass is 342 g/mol. The molecule has 22 heavy (non-hydrogen) atoms. The van der Waals surface area contributed by atoms with Gasteiger partial charge in [-0.1, -0.05) is 64.0 Å². The van der Waals surface area contributed by atoms with Crippen molar-refractivity contribution >= 4 is 10.4 Å². The van der Waals surface area contributed by atoms with Crippen molar-refractivity contribution in [2.45, 2.75) is 84.0 Å². The molecule has 0 atom stereocenters. The molecule has 0 spiro atoms. The van der Waals surface area contributed by atoms with Gasteiger partial charge in [-0.05, 0) is 32.1 Å². The van der Waals surface area contributed by atoms with Gasteiger partial charge in [-0.15, -0.1) is 0 Å². The molecule has 0 rings (SSSR count). The first-order valence-corrected chi connectivity index (χ1v) is 9.65. The number of hydrogen-bond acceptors (Lipinski definition) is 4. The van der Waals surface area contributed by atoms with Gasteiger partial charge >= 0.3 is 29.6 Å². The topological polar surface area (TPSA) is 66.4 Å². The quantitative estimate of drug-likeness (QED) is 0.149. The van der Waals surface area contributed by atoms with Crippen LogP contribution in [0.1, 0.15) is 84.0 Å². The largest absolute Gasteiger partial charge is 1.00 e. The summed E-state index contributed by atoms with van der Waals surface area (Å²) in [6.07, 6.45) is 18.5. The first-order chi connectivity index (χ1) is 10.1. The van der Waals surface area contributed by atoms with Gasteiger partial charge in [0.25, 0.3) is 0 Å². The summed E-state index contributed by atoms with van der Waals surface area (Å²) >= 11 is 0. The molecular formula is C16H31NaO4S. The fourth-order valence-corrected chi connectivity index (χ4v) is 2.48. The summed E-state index contributed by atoms with van der Waals surface area (Å²) in [7, 11) is -4.50. The third-order valence-electron chi connectivity index (χ3n) is 3.38. The molecule has 0 fully saturated rings. The molecule has 126 valence electrons. The maximum Gasteiger partial charge on any atom is 1.00 e. The minimum atomic E-state index is -4.50. The molecule has 0 unspecified atom stereocenters. The van der Waals surface area contributed by atoms with Gasteiger partial charge in [0, 0.05) is 0 Å². The SMILES string of the molecule is CCCCCC/C=C\CCCCCCCCOS(=O)(=O)[O-].[Na+]. The van der Waals surface area contributed by atoms with Crippen LogP contribution in [0, 0.1) is 0 Å². The van der Waals surface area contributed by atoms with E-state index >= 15 is 0 Å². The molecule has 0 N–H and O–H groups in total. The van der Waals surface area contributed by atoms with Crippen LogP contribution in [0.15, 0.2) is 12.2 Å². The van der Waals surface area contributed by atoms with Crippen LogP contribution in [0.2, 0.25) is 0 Å². The Morgan fingerprint density at radius 3 is 1.77 bits per heavy atom. The van der Waals surface area contributed by atoms with Gasteiger partial charge in [-0.2, -0.15) is 0 Å². The fourth-order valence-electron chi connectivity index (χ4n) is 2.16. The maximum atomic E-state index is 10.2. The van der Waals surface area contributed by atoms with Crippen molar-refractivity contribution < 1.29 is 46.7 Å². The Labute approximate surface area is 159 Å². The van der Waals surface area contributed by atoms with E-state index in [0.717, 1.165) is 25.7 Å². The van der Waals surface area contributed by atoms with Crippen LogP contribution >= 0.6 is 0 Å². The van der Waals surface area contributed by atoms with E-state index in [-0.39, 0.29) is 36.2 Å². The Hall–Kier alpha value is 0.610. The summed E-state index contributed by atoms with van der Waals surface area (Å²) in [5, 5.41) is 0. The normalized spacial score (nSPS) is 11.7. The number of hydrogen-bond donors (Lipinski definition) is 0. The van der Waals surface area contributed by atoms with E-state index in [1.165, 1.54) is 44.9 Å². The summed E-state index contributed by atoms with van der Waals surface area (Å²) < 4.78 is 34.7. The molecule has 0 aromatic heterocycles. The predicted molar refractivity (Wildman–Crippen MR) is 85.9 cm³/mol. The second-order valence-corrected chi connectivity index (χ2v) is 6.51. The average molecular weight is 342 g/mol. The van der Waals surface area contributed by atoms with Crippen LogP contribution in [-0.2, 0) is 14.6 Å². The minimum absolute atomic E-state index is 0. The second kappa shape index (κ2) is 18.0. The van der Waals surface area contributed by atoms with Crippen molar-refractivity contribution in [3.8, 4) is 0 Å². The molecule has 0 aliphatic rings. The van der Waals surface area contributed by atoms with Gasteiger partial charge in [-0.3, -0.25) is 4.18 Å². The summed E-state index contributed by atoms with van der Waals surface area (Å²) in [6, 6.07) is 0. The molecule has 0 amide bonds. The van der Waals surface area contributed by atoms with Crippen molar-refractivity contribution in [2.24, 2.45) is 0 Å². The first-order valence-electron chi connectivity index (χ1n) is 8.31. The molecule has 0 aliphatic heterocycles. The summed E-state index contributed by atoms with van der Waals surface area (Å²) in [5.74, 6) is 0. The summed E-state index contributed by atoms with van der Waals surface area (Å²) in [4.78, 5) is 0. The molecule has 0 saturated heterocycles. The maximum absolute atomic E-state index is 10.2. The summed E-state index contributed by atoms with van der Waals surface area (Å²) in [5.41, 5.74) is 0. The third kappa shape index (κ3) is 22.9. The van der Waals surface area contributed by atoms with E-state index in [1.807, 2.05) is 0 Å². The molecule has 0 saturated carbocycles. The number of unbranched alkanes of at least 4 members (excludes halogenated alkanes) is 10. The van der Waals surface area contributed by atoms with Gasteiger partial charge in [0.1, 0.15) is 0 Å². The van der Waals surface area contributed by atoms with Crippen LogP contribution in [0.3, 0.4) is 0 Å². The van der Waals surface area contributed by atoms with E-state index < -0.39 is 10.4 Å². The van der Waals surface area contributed by atoms with Crippen LogP contribution in [-0.4, -0.2) is 19.6 Å². The van der Waals surface area contributed by atoms with Crippen LogP contribution in [0.5, 0.6) is 0 Å². The standard InChI is InChI=1S/C16H32O4S.Na/c1-2-3-4-5-6-7-8-9-10-11-12-13-14-15-16-20-21(17,18)19;/h7-8H,2-6,9-16H2,1H3,(H,17,18,19);/q;+1/p-1/b8-7-;. The van der Waals surface area contributed by atoms with Gasteiger partial charge in [-0.25, -0.2) is 8.42 Å². The Morgan fingerprint density at radius 1 is 0.818 bits per heavy atom. The zero-order valence-corrected chi connectivity index (χ0v) is 17.2. The molecule has 0 aromatic rings. The van der Waals surface area contributed by atoms with Crippen molar-refractivity contribution in [3.63, 3.8) is 0 Å². The van der Waals surface area contributed by atoms with Crippen molar-refractivity contribution in [3.05, 3.63) is 12.2 Å². The Bertz CT molecular complexity index is 342. The van der Waals surface area contributed by atoms with E-state index in [4.69, 9.17) is 0 Å². The van der Waals surface area contributed by atoms with Crippen molar-refractivity contribution in [1.29, 1.82) is 0 Å². The van der Waals surface area contributed by atoms with Crippen LogP contribution in [0.25, 0.3) is 0 Å². The van der Waals surface area contributed by atoms with Crippen molar-refractivity contribution in [1.82, 2.24) is 0 Å². The van der Waals surface area contributed by atoms with E-state index in [2.05, 4.69) is 23.3 Å². The molecule has 0 heterocycles. The Balaban J connectivity index is 0. The Kier molecular flexibility index (Phi) is 20.3. The number of rotatable bonds is 15. The van der Waals surface area contributed by atoms with Crippen LogP contribution < -0.4 is 29.6 Å². The first kappa shape index (κ1) is 24.9. The molecular weight excluding hydrogens is 311 g/mol. The van der Waals surface area contributed by atoms with Gasteiger partial charge < -0.3 is 4.55 Å². The minimum Gasteiger partial charge on any atom is -0.726 e. The van der Waals surface area contributed by atoms with E-state index in [1.54, 1.807) is 0 Å².